The van der Waals surface area contributed by atoms with Crippen LogP contribution in [0.3, 0.4) is 0 Å². The maximum absolute atomic E-state index is 5.09. The molecule has 7 rings (SSSR count). The number of nitrogens with one attached hydrogen (secondary N) is 2. The first-order chi connectivity index (χ1) is 24.6. The SMILES string of the molecule is Cc1cccc(C)c1-c1ccc(NC(C)C)c(Nc2ccccc2)n1.Cc1cccc(C)c1-c1ccc2c(n1)n(-c1ccccc1)c[n+]2C(C)C.[I-]. The quantitative estimate of drug-likeness (QED) is 0.121. The fraction of sp³-hybridized carbons (Fsp3) is 0.222. The minimum absolute atomic E-state index is 0. The maximum atomic E-state index is 5.09. The topological polar surface area (TPSA) is 58.7 Å². The van der Waals surface area contributed by atoms with E-state index in [9.17, 15) is 0 Å². The number of anilines is 3. The van der Waals surface area contributed by atoms with Gasteiger partial charge in [0, 0.05) is 22.9 Å². The molecule has 0 bridgehead atoms. The minimum atomic E-state index is 0. The van der Waals surface area contributed by atoms with Crippen LogP contribution in [0, 0.1) is 27.7 Å². The van der Waals surface area contributed by atoms with Gasteiger partial charge in [-0.2, -0.15) is 4.57 Å². The fourth-order valence-corrected chi connectivity index (χ4v) is 6.61. The van der Waals surface area contributed by atoms with Crippen molar-refractivity contribution in [2.45, 2.75) is 67.5 Å². The van der Waals surface area contributed by atoms with Gasteiger partial charge in [0.05, 0.1) is 23.1 Å². The fourth-order valence-electron chi connectivity index (χ4n) is 6.61. The summed E-state index contributed by atoms with van der Waals surface area (Å²) in [7, 11) is 0. The van der Waals surface area contributed by atoms with Gasteiger partial charge < -0.3 is 34.6 Å². The van der Waals surface area contributed by atoms with Gasteiger partial charge in [0.25, 0.3) is 12.0 Å². The molecule has 6 nitrogen and oxygen atoms in total. The summed E-state index contributed by atoms with van der Waals surface area (Å²) < 4.78 is 4.47. The molecule has 0 atom stereocenters. The number of aromatic nitrogens is 4. The molecule has 0 amide bonds. The number of aryl methyl sites for hydroxylation is 4. The average Bonchev–Trinajstić information content (AvgIpc) is 3.50. The van der Waals surface area contributed by atoms with E-state index < -0.39 is 0 Å². The lowest BCUT2D eigenvalue weighted by Crippen LogP contribution is -3.00. The van der Waals surface area contributed by atoms with Crippen molar-refractivity contribution in [1.29, 1.82) is 0 Å². The molecule has 7 aromatic rings. The molecule has 0 aliphatic carbocycles. The lowest BCUT2D eigenvalue weighted by atomic mass is 9.99. The Labute approximate surface area is 326 Å². The molecule has 0 radical (unpaired) electrons. The van der Waals surface area contributed by atoms with Crippen LogP contribution in [0.5, 0.6) is 0 Å². The Morgan fingerprint density at radius 1 is 0.577 bits per heavy atom. The Balaban J connectivity index is 0.000000197. The summed E-state index contributed by atoms with van der Waals surface area (Å²) in [5, 5.41) is 6.93. The molecule has 4 aromatic carbocycles. The first kappa shape index (κ1) is 38.2. The van der Waals surface area contributed by atoms with Crippen LogP contribution in [0.25, 0.3) is 39.4 Å². The van der Waals surface area contributed by atoms with E-state index in [1.54, 1.807) is 0 Å². The highest BCUT2D eigenvalue weighted by Gasteiger charge is 2.22. The van der Waals surface area contributed by atoms with Gasteiger partial charge in [-0.25, -0.2) is 14.5 Å². The van der Waals surface area contributed by atoms with E-state index >= 15 is 0 Å². The van der Waals surface area contributed by atoms with E-state index in [0.29, 0.717) is 12.1 Å². The zero-order valence-electron chi connectivity index (χ0n) is 31.4. The highest BCUT2D eigenvalue weighted by Crippen LogP contribution is 2.32. The average molecular weight is 801 g/mol. The molecule has 0 aliphatic rings. The first-order valence-corrected chi connectivity index (χ1v) is 17.8. The van der Waals surface area contributed by atoms with Gasteiger partial charge in [-0.05, 0) is 126 Å². The Hall–Kier alpha value is -5.02. The van der Waals surface area contributed by atoms with E-state index in [0.717, 1.165) is 45.4 Å². The number of hydrogen-bond acceptors (Lipinski definition) is 4. The molecular weight excluding hydrogens is 751 g/mol. The number of halogens is 1. The van der Waals surface area contributed by atoms with Crippen molar-refractivity contribution in [1.82, 2.24) is 14.5 Å². The number of rotatable bonds is 8. The molecule has 0 aliphatic heterocycles. The number of pyridine rings is 2. The van der Waals surface area contributed by atoms with Crippen LogP contribution >= 0.6 is 0 Å². The summed E-state index contributed by atoms with van der Waals surface area (Å²) in [5.41, 5.74) is 14.7. The second-order valence-electron chi connectivity index (χ2n) is 13.8. The van der Waals surface area contributed by atoms with E-state index in [-0.39, 0.29) is 24.0 Å². The second-order valence-corrected chi connectivity index (χ2v) is 13.8. The Kier molecular flexibility index (Phi) is 12.5. The van der Waals surface area contributed by atoms with E-state index in [1.807, 2.05) is 36.4 Å². The lowest BCUT2D eigenvalue weighted by molar-refractivity contribution is -0.691. The summed E-state index contributed by atoms with van der Waals surface area (Å²) >= 11 is 0. The molecule has 3 aromatic heterocycles. The van der Waals surface area contributed by atoms with Crippen LogP contribution in [0.15, 0.2) is 128 Å². The van der Waals surface area contributed by atoms with Crippen LogP contribution in [-0.2, 0) is 0 Å². The largest absolute Gasteiger partial charge is 1.00 e. The molecule has 2 N–H and O–H groups in total. The number of para-hydroxylation sites is 2. The summed E-state index contributed by atoms with van der Waals surface area (Å²) in [6.45, 7) is 17.2. The normalized spacial score (nSPS) is 10.9. The molecular formula is C45H49IN6. The molecule has 0 spiro atoms. The number of fused-ring (bicyclic) bond motifs is 1. The van der Waals surface area contributed by atoms with E-state index in [4.69, 9.17) is 9.97 Å². The molecule has 3 heterocycles. The molecule has 0 fully saturated rings. The zero-order valence-corrected chi connectivity index (χ0v) is 33.6. The Morgan fingerprint density at radius 2 is 1.10 bits per heavy atom. The van der Waals surface area contributed by atoms with Crippen LogP contribution in [-0.4, -0.2) is 20.6 Å². The number of benzene rings is 4. The van der Waals surface area contributed by atoms with E-state index in [1.165, 1.54) is 33.4 Å². The molecule has 7 heteroatoms. The van der Waals surface area contributed by atoms with Crippen LogP contribution in [0.2, 0.25) is 0 Å². The van der Waals surface area contributed by atoms with Gasteiger partial charge in [-0.15, -0.1) is 0 Å². The highest BCUT2D eigenvalue weighted by molar-refractivity contribution is 5.78. The van der Waals surface area contributed by atoms with Crippen molar-refractivity contribution in [3.63, 3.8) is 0 Å². The van der Waals surface area contributed by atoms with Gasteiger partial charge in [-0.1, -0.05) is 72.8 Å². The maximum Gasteiger partial charge on any atom is 0.274 e. The van der Waals surface area contributed by atoms with Crippen molar-refractivity contribution in [2.24, 2.45) is 0 Å². The van der Waals surface area contributed by atoms with Crippen molar-refractivity contribution in [2.75, 3.05) is 10.6 Å². The summed E-state index contributed by atoms with van der Waals surface area (Å²) in [6.07, 6.45) is 2.16. The highest BCUT2D eigenvalue weighted by atomic mass is 127. The third-order valence-electron chi connectivity index (χ3n) is 9.04. The Bertz CT molecular complexity index is 2220. The van der Waals surface area contributed by atoms with Gasteiger partial charge in [0.1, 0.15) is 5.69 Å². The molecule has 52 heavy (non-hydrogen) atoms. The number of imidazole rings is 1. The lowest BCUT2D eigenvalue weighted by Gasteiger charge is -2.18. The van der Waals surface area contributed by atoms with Crippen LogP contribution < -0.4 is 39.2 Å². The Morgan fingerprint density at radius 3 is 1.63 bits per heavy atom. The minimum Gasteiger partial charge on any atom is -1.00 e. The van der Waals surface area contributed by atoms with Gasteiger partial charge >= 0.3 is 0 Å². The van der Waals surface area contributed by atoms with Crippen molar-refractivity contribution in [3.8, 4) is 28.2 Å². The van der Waals surface area contributed by atoms with Crippen LogP contribution in [0.4, 0.5) is 17.2 Å². The molecule has 0 unspecified atom stereocenters. The van der Waals surface area contributed by atoms with Crippen molar-refractivity contribution < 1.29 is 28.5 Å². The third kappa shape index (κ3) is 8.53. The van der Waals surface area contributed by atoms with E-state index in [2.05, 4.69) is 166 Å². The van der Waals surface area contributed by atoms with Gasteiger partial charge in [0.2, 0.25) is 0 Å². The smallest absolute Gasteiger partial charge is 0.274 e. The molecule has 266 valence electrons. The molecule has 0 saturated heterocycles. The van der Waals surface area contributed by atoms with Crippen LogP contribution in [0.1, 0.15) is 56.0 Å². The second kappa shape index (κ2) is 17.0. The predicted molar refractivity (Wildman–Crippen MR) is 214 cm³/mol. The van der Waals surface area contributed by atoms with Gasteiger partial charge in [-0.3, -0.25) is 0 Å². The van der Waals surface area contributed by atoms with Crippen molar-refractivity contribution >= 4 is 28.4 Å². The summed E-state index contributed by atoms with van der Waals surface area (Å²) in [6, 6.07) is 42.6. The summed E-state index contributed by atoms with van der Waals surface area (Å²) in [5.74, 6) is 0.847. The third-order valence-corrected chi connectivity index (χ3v) is 9.04. The molecule has 0 saturated carbocycles. The predicted octanol–water partition coefficient (Wildman–Crippen LogP) is 8.11. The summed E-state index contributed by atoms with van der Waals surface area (Å²) in [4.78, 5) is 10.0. The standard InChI is InChI=1S/C23H24N3.C22H25N3.HI/c1-16(2)25-15-26(19-11-6-5-7-12-19)23-21(25)14-13-20(24-23)22-17(3)9-8-10-18(22)4;1-15(2)23-20-14-13-19(21-16(3)9-8-10-17(21)4)25-22(20)24-18-11-6-5-7-12-18;/h5-16H,1-4H3;5-15,23H,1-4H3,(H,24,25);1H/q+1;;/p-1. The van der Waals surface area contributed by atoms with Crippen molar-refractivity contribution in [3.05, 3.63) is 150 Å². The first-order valence-electron chi connectivity index (χ1n) is 17.8. The number of nitrogens with zero attached hydrogens (tertiary/aromatic N) is 4. The number of hydrogen-bond donors (Lipinski definition) is 2. The monoisotopic (exact) mass is 800 g/mol. The van der Waals surface area contributed by atoms with Gasteiger partial charge in [0.15, 0.2) is 11.3 Å². The zero-order chi connectivity index (χ0) is 36.1.